The molecule has 24 heavy (non-hydrogen) atoms. The number of carboxylic acids is 1. The van der Waals surface area contributed by atoms with Crippen molar-refractivity contribution in [1.29, 1.82) is 0 Å². The first-order chi connectivity index (χ1) is 11.5. The summed E-state index contributed by atoms with van der Waals surface area (Å²) in [5, 5.41) is 9.38. The van der Waals surface area contributed by atoms with Crippen LogP contribution in [0.15, 0.2) is 53.7 Å². The van der Waals surface area contributed by atoms with Gasteiger partial charge in [0, 0.05) is 18.0 Å². The van der Waals surface area contributed by atoms with E-state index in [1.54, 1.807) is 30.4 Å². The van der Waals surface area contributed by atoms with Crippen LogP contribution < -0.4 is 0 Å². The van der Waals surface area contributed by atoms with Gasteiger partial charge in [-0.15, -0.1) is 0 Å². The zero-order chi connectivity index (χ0) is 17.3. The third kappa shape index (κ3) is 2.62. The molecule has 0 bridgehead atoms. The predicted octanol–water partition coefficient (Wildman–Crippen LogP) is 3.81. The molecule has 1 aliphatic rings. The fourth-order valence-corrected chi connectivity index (χ4v) is 2.80. The van der Waals surface area contributed by atoms with Crippen LogP contribution in [0.3, 0.4) is 0 Å². The number of Topliss-reactive ketones (excluding diaryl/α,β-unsaturated/α-hetero) is 1. The van der Waals surface area contributed by atoms with E-state index in [0.29, 0.717) is 5.69 Å². The summed E-state index contributed by atoms with van der Waals surface area (Å²) in [5.74, 6) is -1.49. The largest absolute Gasteiger partial charge is 0.478 e. The molecule has 1 aromatic carbocycles. The van der Waals surface area contributed by atoms with Gasteiger partial charge in [-0.25, -0.2) is 4.79 Å². The Kier molecular flexibility index (Phi) is 4.22. The molecule has 1 N–H and O–H groups in total. The van der Waals surface area contributed by atoms with Crippen molar-refractivity contribution in [3.63, 3.8) is 0 Å². The lowest BCUT2D eigenvalue weighted by Gasteiger charge is -2.23. The zero-order valence-corrected chi connectivity index (χ0v) is 13.6. The van der Waals surface area contributed by atoms with Crippen LogP contribution in [0.25, 0.3) is 0 Å². The summed E-state index contributed by atoms with van der Waals surface area (Å²) in [4.78, 5) is 32.4. The third-order valence-electron chi connectivity index (χ3n) is 3.64. The van der Waals surface area contributed by atoms with Crippen molar-refractivity contribution in [2.24, 2.45) is 4.99 Å². The van der Waals surface area contributed by atoms with Gasteiger partial charge in [0.05, 0.1) is 21.3 Å². The molecule has 2 heterocycles. The van der Waals surface area contributed by atoms with Crippen LogP contribution in [0.1, 0.15) is 26.4 Å². The molecule has 1 atom stereocenters. The average molecular weight is 361 g/mol. The molecule has 1 aromatic heterocycles. The fourth-order valence-electron chi connectivity index (χ4n) is 2.42. The van der Waals surface area contributed by atoms with E-state index >= 15 is 0 Å². The summed E-state index contributed by atoms with van der Waals surface area (Å²) >= 11 is 12.1. The lowest BCUT2D eigenvalue weighted by atomic mass is 9.86. The van der Waals surface area contributed by atoms with Gasteiger partial charge in [-0.2, -0.15) is 0 Å². The first-order valence-corrected chi connectivity index (χ1v) is 7.63. The Morgan fingerprint density at radius 2 is 1.92 bits per heavy atom. The highest BCUT2D eigenvalue weighted by molar-refractivity contribution is 6.44. The summed E-state index contributed by atoms with van der Waals surface area (Å²) in [7, 11) is 0. The quantitative estimate of drug-likeness (QED) is 0.840. The van der Waals surface area contributed by atoms with Crippen LogP contribution in [-0.4, -0.2) is 28.1 Å². The predicted molar refractivity (Wildman–Crippen MR) is 91.3 cm³/mol. The number of halogens is 2. The number of aromatic carboxylic acids is 1. The number of pyridine rings is 1. The van der Waals surface area contributed by atoms with Gasteiger partial charge in [0.25, 0.3) is 0 Å². The van der Waals surface area contributed by atoms with Crippen molar-refractivity contribution in [3.8, 4) is 0 Å². The maximum absolute atomic E-state index is 13.1. The Hall–Kier alpha value is -2.50. The van der Waals surface area contributed by atoms with Crippen molar-refractivity contribution in [2.75, 3.05) is 0 Å². The van der Waals surface area contributed by atoms with E-state index in [9.17, 15) is 9.59 Å². The molecule has 2 aromatic rings. The maximum atomic E-state index is 13.1. The van der Waals surface area contributed by atoms with Crippen LogP contribution in [0, 0.1) is 0 Å². The van der Waals surface area contributed by atoms with E-state index in [4.69, 9.17) is 28.3 Å². The normalized spacial score (nSPS) is 18.8. The summed E-state index contributed by atoms with van der Waals surface area (Å²) in [5.41, 5.74) is -0.839. The molecule has 0 aliphatic carbocycles. The number of rotatable bonds is 4. The van der Waals surface area contributed by atoms with Crippen molar-refractivity contribution in [1.82, 2.24) is 4.98 Å². The minimum absolute atomic E-state index is 0.0214. The highest BCUT2D eigenvalue weighted by Gasteiger charge is 2.41. The average Bonchev–Trinajstić information content (AvgIpc) is 3.08. The second-order valence-electron chi connectivity index (χ2n) is 5.07. The second-order valence-corrected chi connectivity index (χ2v) is 5.86. The molecule has 0 radical (unpaired) electrons. The molecule has 120 valence electrons. The van der Waals surface area contributed by atoms with Crippen LogP contribution >= 0.6 is 23.2 Å². The van der Waals surface area contributed by atoms with E-state index in [2.05, 4.69) is 9.98 Å². The van der Waals surface area contributed by atoms with E-state index in [-0.39, 0.29) is 21.2 Å². The van der Waals surface area contributed by atoms with Crippen molar-refractivity contribution in [3.05, 3.63) is 75.5 Å². The molecule has 1 aliphatic heterocycles. The number of ketones is 1. The number of carboxylic acid groups (broad SMARTS) is 1. The minimum Gasteiger partial charge on any atom is -0.478 e. The molecule has 0 spiro atoms. The minimum atomic E-state index is -1.38. The lowest BCUT2D eigenvalue weighted by Crippen LogP contribution is -2.32. The van der Waals surface area contributed by atoms with Gasteiger partial charge in [0.15, 0.2) is 5.54 Å². The number of nitrogens with zero attached hydrogens (tertiary/aromatic N) is 2. The monoisotopic (exact) mass is 360 g/mol. The van der Waals surface area contributed by atoms with Crippen LogP contribution in [0.4, 0.5) is 0 Å². The van der Waals surface area contributed by atoms with Crippen LogP contribution in [0.2, 0.25) is 10.0 Å². The Balaban J connectivity index is 2.11. The maximum Gasteiger partial charge on any atom is 0.337 e. The highest BCUT2D eigenvalue weighted by Crippen LogP contribution is 2.36. The standard InChI is InChI=1S/C17H10Cl2N2O3/c18-12-4-1-3-11(14(12)19)15(22)17(7-2-8-21-17)13-6-5-10(9-20-13)16(23)24/h1-9H,(H,23,24). The van der Waals surface area contributed by atoms with Crippen LogP contribution in [0.5, 0.6) is 0 Å². The first kappa shape index (κ1) is 16.4. The SMILES string of the molecule is O=C(O)c1ccc(C2(C(=O)c3cccc(Cl)c3Cl)C=CC=N2)nc1. The van der Waals surface area contributed by atoms with Gasteiger partial charge in [-0.3, -0.25) is 14.8 Å². The third-order valence-corrected chi connectivity index (χ3v) is 4.46. The second kappa shape index (κ2) is 6.19. The molecule has 1 unspecified atom stereocenters. The molecule has 7 heteroatoms. The Bertz CT molecular complexity index is 877. The Morgan fingerprint density at radius 1 is 1.12 bits per heavy atom. The number of allylic oxidation sites excluding steroid dienone is 1. The lowest BCUT2D eigenvalue weighted by molar-refractivity contribution is 0.0696. The molecule has 5 nitrogen and oxygen atoms in total. The van der Waals surface area contributed by atoms with Gasteiger partial charge in [0.1, 0.15) is 0 Å². The van der Waals surface area contributed by atoms with Crippen molar-refractivity contribution >= 4 is 41.2 Å². The van der Waals surface area contributed by atoms with E-state index in [1.165, 1.54) is 24.5 Å². The number of carbonyl (C=O) groups excluding carboxylic acids is 1. The topological polar surface area (TPSA) is 79.6 Å². The number of aliphatic imine (C=N–C) groups is 1. The molecule has 0 amide bonds. The number of hydrogen-bond donors (Lipinski definition) is 1. The summed E-state index contributed by atoms with van der Waals surface area (Å²) in [6.07, 6.45) is 5.90. The molecule has 0 saturated carbocycles. The van der Waals surface area contributed by atoms with Gasteiger partial charge in [0.2, 0.25) is 5.78 Å². The van der Waals surface area contributed by atoms with Crippen molar-refractivity contribution < 1.29 is 14.7 Å². The number of hydrogen-bond acceptors (Lipinski definition) is 4. The van der Waals surface area contributed by atoms with E-state index in [0.717, 1.165) is 0 Å². The molecule has 0 saturated heterocycles. The smallest absolute Gasteiger partial charge is 0.337 e. The number of benzene rings is 1. The molecular formula is C17H10Cl2N2O3. The number of carbonyl (C=O) groups is 2. The summed E-state index contributed by atoms with van der Waals surface area (Å²) in [6, 6.07) is 7.61. The van der Waals surface area contributed by atoms with Gasteiger partial charge in [-0.05, 0) is 36.4 Å². The van der Waals surface area contributed by atoms with Crippen LogP contribution in [-0.2, 0) is 5.54 Å². The molecular weight excluding hydrogens is 351 g/mol. The van der Waals surface area contributed by atoms with Gasteiger partial charge in [-0.1, -0.05) is 29.3 Å². The number of aromatic nitrogens is 1. The molecule has 3 rings (SSSR count). The fraction of sp³-hybridized carbons (Fsp3) is 0.0588. The van der Waals surface area contributed by atoms with Gasteiger partial charge < -0.3 is 5.11 Å². The highest BCUT2D eigenvalue weighted by atomic mass is 35.5. The summed E-state index contributed by atoms with van der Waals surface area (Å²) in [6.45, 7) is 0. The molecule has 0 fully saturated rings. The Morgan fingerprint density at radius 3 is 2.50 bits per heavy atom. The van der Waals surface area contributed by atoms with Crippen molar-refractivity contribution in [2.45, 2.75) is 5.54 Å². The first-order valence-electron chi connectivity index (χ1n) is 6.87. The summed E-state index contributed by atoms with van der Waals surface area (Å²) < 4.78 is 0. The Labute approximate surface area is 147 Å². The zero-order valence-electron chi connectivity index (χ0n) is 12.1. The van der Waals surface area contributed by atoms with E-state index in [1.807, 2.05) is 0 Å². The van der Waals surface area contributed by atoms with E-state index < -0.39 is 17.3 Å². The van der Waals surface area contributed by atoms with Gasteiger partial charge >= 0.3 is 5.97 Å².